The van der Waals surface area contributed by atoms with E-state index in [9.17, 15) is 14.4 Å². The smallest absolute Gasteiger partial charge is 0.335 e. The van der Waals surface area contributed by atoms with Crippen LogP contribution in [0.15, 0.2) is 36.4 Å². The van der Waals surface area contributed by atoms with Crippen LogP contribution < -0.4 is 5.73 Å². The van der Waals surface area contributed by atoms with Gasteiger partial charge < -0.3 is 10.8 Å². The average molecular weight is 267 g/mol. The molecule has 1 aliphatic rings. The van der Waals surface area contributed by atoms with Gasteiger partial charge in [0.25, 0.3) is 0 Å². The summed E-state index contributed by atoms with van der Waals surface area (Å²) >= 11 is 0. The van der Waals surface area contributed by atoms with Gasteiger partial charge >= 0.3 is 5.97 Å². The molecule has 0 aliphatic heterocycles. The van der Waals surface area contributed by atoms with Gasteiger partial charge in [-0.25, -0.2) is 4.79 Å². The Morgan fingerprint density at radius 1 is 0.850 bits per heavy atom. The van der Waals surface area contributed by atoms with Crippen LogP contribution in [0, 0.1) is 0 Å². The fourth-order valence-electron chi connectivity index (χ4n) is 2.30. The van der Waals surface area contributed by atoms with Gasteiger partial charge in [0.05, 0.1) is 5.56 Å². The van der Waals surface area contributed by atoms with E-state index in [2.05, 4.69) is 0 Å². The molecule has 2 aromatic rings. The molecule has 5 heteroatoms. The Labute approximate surface area is 113 Å². The van der Waals surface area contributed by atoms with Gasteiger partial charge in [-0.2, -0.15) is 0 Å². The standard InChI is InChI=1S/C15H9NO4/c16-8-2-4-10-12(6-8)14(18)9-3-1-7(15(19)20)5-11(9)13(10)17/h1-6H,16H2,(H,19,20). The van der Waals surface area contributed by atoms with Crippen LogP contribution in [0.4, 0.5) is 5.69 Å². The van der Waals surface area contributed by atoms with Gasteiger partial charge in [-0.3, -0.25) is 9.59 Å². The number of ketones is 2. The molecule has 0 bridgehead atoms. The number of fused-ring (bicyclic) bond motifs is 2. The highest BCUT2D eigenvalue weighted by Gasteiger charge is 2.30. The van der Waals surface area contributed by atoms with Crippen LogP contribution in [-0.4, -0.2) is 22.6 Å². The Morgan fingerprint density at radius 3 is 2.00 bits per heavy atom. The number of nitrogens with two attached hydrogens (primary N) is 1. The van der Waals surface area contributed by atoms with Crippen LogP contribution in [0.25, 0.3) is 0 Å². The number of nitrogen functional groups attached to an aromatic ring is 1. The number of carboxylic acid groups (broad SMARTS) is 1. The fourth-order valence-corrected chi connectivity index (χ4v) is 2.30. The first-order valence-electron chi connectivity index (χ1n) is 5.85. The van der Waals surface area contributed by atoms with E-state index in [4.69, 9.17) is 10.8 Å². The molecule has 3 rings (SSSR count). The molecule has 20 heavy (non-hydrogen) atoms. The molecule has 3 N–H and O–H groups in total. The highest BCUT2D eigenvalue weighted by molar-refractivity contribution is 6.28. The molecule has 0 spiro atoms. The Bertz CT molecular complexity index is 792. The largest absolute Gasteiger partial charge is 0.478 e. The molecule has 2 aromatic carbocycles. The summed E-state index contributed by atoms with van der Waals surface area (Å²) in [6.45, 7) is 0. The van der Waals surface area contributed by atoms with Crippen molar-refractivity contribution < 1.29 is 19.5 Å². The van der Waals surface area contributed by atoms with Crippen molar-refractivity contribution in [1.29, 1.82) is 0 Å². The summed E-state index contributed by atoms with van der Waals surface area (Å²) in [4.78, 5) is 35.6. The normalized spacial score (nSPS) is 12.8. The number of rotatable bonds is 1. The topological polar surface area (TPSA) is 97.5 Å². The van der Waals surface area contributed by atoms with Crippen LogP contribution in [-0.2, 0) is 0 Å². The zero-order valence-corrected chi connectivity index (χ0v) is 10.2. The van der Waals surface area contributed by atoms with Crippen molar-refractivity contribution in [1.82, 2.24) is 0 Å². The molecule has 5 nitrogen and oxygen atoms in total. The first-order valence-corrected chi connectivity index (χ1v) is 5.85. The second-order valence-corrected chi connectivity index (χ2v) is 4.53. The molecule has 0 amide bonds. The molecule has 0 radical (unpaired) electrons. The van der Waals surface area contributed by atoms with Crippen molar-refractivity contribution >= 4 is 23.2 Å². The lowest BCUT2D eigenvalue weighted by Gasteiger charge is -2.18. The van der Waals surface area contributed by atoms with E-state index in [1.807, 2.05) is 0 Å². The van der Waals surface area contributed by atoms with Crippen molar-refractivity contribution in [2.75, 3.05) is 5.73 Å². The van der Waals surface area contributed by atoms with Gasteiger partial charge in [-0.05, 0) is 36.4 Å². The number of carboxylic acids is 1. The van der Waals surface area contributed by atoms with Crippen molar-refractivity contribution in [3.8, 4) is 0 Å². The molecule has 0 unspecified atom stereocenters. The minimum atomic E-state index is -1.14. The van der Waals surface area contributed by atoms with E-state index in [0.29, 0.717) is 5.69 Å². The average Bonchev–Trinajstić information content (AvgIpc) is 2.44. The van der Waals surface area contributed by atoms with Crippen molar-refractivity contribution in [2.45, 2.75) is 0 Å². The molecule has 0 heterocycles. The van der Waals surface area contributed by atoms with Gasteiger partial charge in [-0.15, -0.1) is 0 Å². The maximum Gasteiger partial charge on any atom is 0.335 e. The highest BCUT2D eigenvalue weighted by Crippen LogP contribution is 2.29. The molecule has 0 saturated carbocycles. The summed E-state index contributed by atoms with van der Waals surface area (Å²) in [7, 11) is 0. The second-order valence-electron chi connectivity index (χ2n) is 4.53. The van der Waals surface area contributed by atoms with E-state index >= 15 is 0 Å². The highest BCUT2D eigenvalue weighted by atomic mass is 16.4. The Morgan fingerprint density at radius 2 is 1.40 bits per heavy atom. The molecular formula is C15H9NO4. The third-order valence-electron chi connectivity index (χ3n) is 3.29. The monoisotopic (exact) mass is 267 g/mol. The van der Waals surface area contributed by atoms with Crippen LogP contribution in [0.2, 0.25) is 0 Å². The summed E-state index contributed by atoms with van der Waals surface area (Å²) in [5.74, 6) is -1.83. The molecule has 1 aliphatic carbocycles. The van der Waals surface area contributed by atoms with Crippen molar-refractivity contribution in [3.05, 3.63) is 64.2 Å². The predicted octanol–water partition coefficient (Wildman–Crippen LogP) is 1.74. The zero-order chi connectivity index (χ0) is 14.4. The lowest BCUT2D eigenvalue weighted by atomic mass is 9.83. The van der Waals surface area contributed by atoms with E-state index < -0.39 is 5.97 Å². The van der Waals surface area contributed by atoms with Gasteiger partial charge in [0, 0.05) is 27.9 Å². The third-order valence-corrected chi connectivity index (χ3v) is 3.29. The number of benzene rings is 2. The minimum Gasteiger partial charge on any atom is -0.478 e. The maximum atomic E-state index is 12.4. The van der Waals surface area contributed by atoms with E-state index in [1.54, 1.807) is 0 Å². The number of carbonyl (C=O) groups excluding carboxylic acids is 2. The number of aromatic carboxylic acids is 1. The first kappa shape index (κ1) is 12.1. The van der Waals surface area contributed by atoms with Crippen LogP contribution in [0.3, 0.4) is 0 Å². The van der Waals surface area contributed by atoms with E-state index in [-0.39, 0.29) is 39.4 Å². The Balaban J connectivity index is 2.26. The minimum absolute atomic E-state index is 0.0243. The van der Waals surface area contributed by atoms with Crippen LogP contribution in [0.5, 0.6) is 0 Å². The van der Waals surface area contributed by atoms with Gasteiger partial charge in [0.1, 0.15) is 0 Å². The SMILES string of the molecule is Nc1ccc2c(c1)C(=O)c1ccc(C(=O)O)cc1C2=O. The number of hydrogen-bond acceptors (Lipinski definition) is 4. The number of carbonyl (C=O) groups is 3. The van der Waals surface area contributed by atoms with E-state index in [0.717, 1.165) is 0 Å². The third kappa shape index (κ3) is 1.60. The molecule has 0 aromatic heterocycles. The van der Waals surface area contributed by atoms with Crippen LogP contribution >= 0.6 is 0 Å². The summed E-state index contributed by atoms with van der Waals surface area (Å²) in [6, 6.07) is 8.40. The Kier molecular flexibility index (Phi) is 2.44. The lowest BCUT2D eigenvalue weighted by Crippen LogP contribution is -2.21. The molecule has 0 fully saturated rings. The fraction of sp³-hybridized carbons (Fsp3) is 0. The van der Waals surface area contributed by atoms with Crippen molar-refractivity contribution in [3.63, 3.8) is 0 Å². The molecule has 98 valence electrons. The lowest BCUT2D eigenvalue weighted by molar-refractivity contribution is 0.0696. The summed E-state index contributed by atoms with van der Waals surface area (Å²) in [6.07, 6.45) is 0. The number of hydrogen-bond donors (Lipinski definition) is 2. The van der Waals surface area contributed by atoms with Crippen molar-refractivity contribution in [2.24, 2.45) is 0 Å². The summed E-state index contributed by atoms with van der Waals surface area (Å²) < 4.78 is 0. The Hall–Kier alpha value is -2.95. The summed E-state index contributed by atoms with van der Waals surface area (Å²) in [5, 5.41) is 8.96. The summed E-state index contributed by atoms with van der Waals surface area (Å²) in [5.41, 5.74) is 6.84. The van der Waals surface area contributed by atoms with Gasteiger partial charge in [0.15, 0.2) is 11.6 Å². The van der Waals surface area contributed by atoms with Gasteiger partial charge in [0.2, 0.25) is 0 Å². The second kappa shape index (κ2) is 4.03. The zero-order valence-electron chi connectivity index (χ0n) is 10.2. The molecule has 0 atom stereocenters. The molecule has 0 saturated heterocycles. The maximum absolute atomic E-state index is 12.4. The van der Waals surface area contributed by atoms with E-state index in [1.165, 1.54) is 36.4 Å². The predicted molar refractivity (Wildman–Crippen MR) is 71.1 cm³/mol. The number of anilines is 1. The van der Waals surface area contributed by atoms with Crippen LogP contribution in [0.1, 0.15) is 42.2 Å². The quantitative estimate of drug-likeness (QED) is 0.654. The first-order chi connectivity index (χ1) is 9.49. The van der Waals surface area contributed by atoms with Gasteiger partial charge in [-0.1, -0.05) is 0 Å². The molecular weight excluding hydrogens is 258 g/mol.